The second-order valence-electron chi connectivity index (χ2n) is 4.37. The van der Waals surface area contributed by atoms with Crippen LogP contribution >= 0.6 is 11.3 Å². The molecular formula is C10H13N7O2S2. The van der Waals surface area contributed by atoms with Gasteiger partial charge >= 0.3 is 0 Å². The summed E-state index contributed by atoms with van der Waals surface area (Å²) >= 11 is 1.31. The van der Waals surface area contributed by atoms with Crippen LogP contribution in [0.25, 0.3) is 4.96 Å². The Morgan fingerprint density at radius 2 is 2.19 bits per heavy atom. The topological polar surface area (TPSA) is 119 Å². The molecule has 0 aromatic carbocycles. The summed E-state index contributed by atoms with van der Waals surface area (Å²) in [6, 6.07) is 0. The first-order chi connectivity index (χ1) is 9.92. The Morgan fingerprint density at radius 1 is 1.43 bits per heavy atom. The molecule has 0 radical (unpaired) electrons. The number of nitrogen functional groups attached to an aromatic ring is 1. The summed E-state index contributed by atoms with van der Waals surface area (Å²) in [7, 11) is -2.14. The fourth-order valence-electron chi connectivity index (χ4n) is 2.01. The molecule has 0 aliphatic heterocycles. The van der Waals surface area contributed by atoms with Crippen LogP contribution in [-0.2, 0) is 17.1 Å². The first kappa shape index (κ1) is 13.9. The zero-order valence-electron chi connectivity index (χ0n) is 11.2. The largest absolute Gasteiger partial charge is 0.306 e. The average molecular weight is 327 g/mol. The van der Waals surface area contributed by atoms with Gasteiger partial charge in [-0.2, -0.15) is 18.5 Å². The maximum absolute atomic E-state index is 12.6. The summed E-state index contributed by atoms with van der Waals surface area (Å²) in [6.45, 7) is 1.72. The van der Waals surface area contributed by atoms with Gasteiger partial charge in [0.1, 0.15) is 0 Å². The molecule has 0 saturated carbocycles. The molecule has 4 N–H and O–H groups in total. The number of hydrogen-bond acceptors (Lipinski definition) is 7. The molecule has 9 nitrogen and oxygen atoms in total. The third-order valence-electron chi connectivity index (χ3n) is 2.87. The lowest BCUT2D eigenvalue weighted by Crippen LogP contribution is -2.19. The summed E-state index contributed by atoms with van der Waals surface area (Å²) in [5.41, 5.74) is 3.30. The molecule has 0 aliphatic carbocycles. The highest BCUT2D eigenvalue weighted by molar-refractivity contribution is 7.92. The van der Waals surface area contributed by atoms with Crippen molar-refractivity contribution in [1.29, 1.82) is 0 Å². The Kier molecular flexibility index (Phi) is 3.11. The minimum atomic E-state index is -3.86. The van der Waals surface area contributed by atoms with E-state index in [-0.39, 0.29) is 10.8 Å². The number of anilines is 2. The number of aromatic nitrogens is 4. The van der Waals surface area contributed by atoms with Gasteiger partial charge in [0, 0.05) is 24.8 Å². The minimum absolute atomic E-state index is 0.0375. The fourth-order valence-corrected chi connectivity index (χ4v) is 4.13. The zero-order chi connectivity index (χ0) is 15.2. The number of imidazole rings is 1. The number of hydrazine groups is 1. The van der Waals surface area contributed by atoms with Gasteiger partial charge in [-0.05, 0) is 6.92 Å². The molecule has 11 heteroatoms. The van der Waals surface area contributed by atoms with Crippen LogP contribution in [0.2, 0.25) is 0 Å². The minimum Gasteiger partial charge on any atom is -0.306 e. The number of nitrogens with two attached hydrogens (primary N) is 1. The molecule has 0 saturated heterocycles. The quantitative estimate of drug-likeness (QED) is 0.475. The molecule has 0 bridgehead atoms. The standard InChI is InChI=1S/C10H13N7O2S2/c1-6-7(5-16(2)14-6)15-21(18,19)9-8(13-11)12-10-17(9)3-4-20-10/h3-5,13,15H,11H2,1-2H3. The van der Waals surface area contributed by atoms with Crippen molar-refractivity contribution in [2.75, 3.05) is 10.1 Å². The van der Waals surface area contributed by atoms with Crippen LogP contribution in [0.4, 0.5) is 11.5 Å². The van der Waals surface area contributed by atoms with E-state index >= 15 is 0 Å². The van der Waals surface area contributed by atoms with E-state index in [0.717, 1.165) is 0 Å². The number of rotatable bonds is 4. The SMILES string of the molecule is Cc1nn(C)cc1NS(=O)(=O)c1c(NN)nc2sccn12. The van der Waals surface area contributed by atoms with Gasteiger partial charge in [-0.15, -0.1) is 11.3 Å². The fraction of sp³-hybridized carbons (Fsp3) is 0.200. The van der Waals surface area contributed by atoms with Crippen molar-refractivity contribution in [3.05, 3.63) is 23.5 Å². The summed E-state index contributed by atoms with van der Waals surface area (Å²) in [6.07, 6.45) is 3.22. The van der Waals surface area contributed by atoms with Crippen LogP contribution in [-0.4, -0.2) is 27.6 Å². The van der Waals surface area contributed by atoms with Crippen LogP contribution in [0.15, 0.2) is 22.8 Å². The van der Waals surface area contributed by atoms with Crippen molar-refractivity contribution in [2.24, 2.45) is 12.9 Å². The second kappa shape index (κ2) is 4.72. The molecule has 0 unspecified atom stereocenters. The van der Waals surface area contributed by atoms with Gasteiger partial charge in [0.15, 0.2) is 10.8 Å². The molecule has 0 fully saturated rings. The normalized spacial score (nSPS) is 12.0. The average Bonchev–Trinajstić information content (AvgIpc) is 3.02. The lowest BCUT2D eigenvalue weighted by Gasteiger charge is -2.07. The van der Waals surface area contributed by atoms with E-state index in [1.54, 1.807) is 31.7 Å². The molecule has 3 rings (SSSR count). The van der Waals surface area contributed by atoms with Crippen molar-refractivity contribution in [3.8, 4) is 0 Å². The molecular weight excluding hydrogens is 314 g/mol. The predicted molar refractivity (Wildman–Crippen MR) is 79.6 cm³/mol. The molecule has 0 atom stereocenters. The Morgan fingerprint density at radius 3 is 2.81 bits per heavy atom. The Balaban J connectivity index is 2.11. The summed E-state index contributed by atoms with van der Waals surface area (Å²) in [4.78, 5) is 4.67. The molecule has 3 heterocycles. The van der Waals surface area contributed by atoms with Crippen LogP contribution < -0.4 is 16.0 Å². The number of aryl methyl sites for hydroxylation is 2. The van der Waals surface area contributed by atoms with E-state index in [0.29, 0.717) is 16.3 Å². The number of fused-ring (bicyclic) bond motifs is 1. The number of sulfonamides is 1. The van der Waals surface area contributed by atoms with Crippen molar-refractivity contribution < 1.29 is 8.42 Å². The molecule has 112 valence electrons. The lowest BCUT2D eigenvalue weighted by molar-refractivity contribution is 0.597. The van der Waals surface area contributed by atoms with Crippen LogP contribution in [0, 0.1) is 6.92 Å². The number of nitrogens with one attached hydrogen (secondary N) is 2. The number of nitrogens with zero attached hydrogens (tertiary/aromatic N) is 4. The molecule has 21 heavy (non-hydrogen) atoms. The first-order valence-electron chi connectivity index (χ1n) is 5.87. The van der Waals surface area contributed by atoms with Crippen molar-refractivity contribution >= 4 is 37.8 Å². The zero-order valence-corrected chi connectivity index (χ0v) is 12.9. The van der Waals surface area contributed by atoms with Crippen LogP contribution in [0.5, 0.6) is 0 Å². The van der Waals surface area contributed by atoms with Gasteiger partial charge in [0.25, 0.3) is 10.0 Å². The van der Waals surface area contributed by atoms with Crippen molar-refractivity contribution in [3.63, 3.8) is 0 Å². The summed E-state index contributed by atoms with van der Waals surface area (Å²) in [5.74, 6) is 5.46. The highest BCUT2D eigenvalue weighted by Crippen LogP contribution is 2.27. The lowest BCUT2D eigenvalue weighted by atomic mass is 10.4. The Hall–Kier alpha value is -2.11. The maximum Gasteiger partial charge on any atom is 0.281 e. The smallest absolute Gasteiger partial charge is 0.281 e. The van der Waals surface area contributed by atoms with Gasteiger partial charge in [-0.1, -0.05) is 0 Å². The van der Waals surface area contributed by atoms with Gasteiger partial charge < -0.3 is 5.43 Å². The summed E-state index contributed by atoms with van der Waals surface area (Å²) < 4.78 is 30.7. The van der Waals surface area contributed by atoms with E-state index in [4.69, 9.17) is 5.84 Å². The summed E-state index contributed by atoms with van der Waals surface area (Å²) in [5, 5.41) is 5.81. The predicted octanol–water partition coefficient (Wildman–Crippen LogP) is 0.524. The monoisotopic (exact) mass is 327 g/mol. The van der Waals surface area contributed by atoms with E-state index in [2.05, 4.69) is 20.2 Å². The van der Waals surface area contributed by atoms with E-state index in [9.17, 15) is 8.42 Å². The highest BCUT2D eigenvalue weighted by Gasteiger charge is 2.26. The van der Waals surface area contributed by atoms with E-state index < -0.39 is 10.0 Å². The molecule has 0 spiro atoms. The first-order valence-corrected chi connectivity index (χ1v) is 8.24. The second-order valence-corrected chi connectivity index (χ2v) is 6.84. The Bertz CT molecular complexity index is 905. The maximum atomic E-state index is 12.6. The third kappa shape index (κ3) is 2.24. The molecule has 3 aromatic heterocycles. The van der Waals surface area contributed by atoms with Crippen LogP contribution in [0.1, 0.15) is 5.69 Å². The highest BCUT2D eigenvalue weighted by atomic mass is 32.2. The van der Waals surface area contributed by atoms with Crippen molar-refractivity contribution in [2.45, 2.75) is 11.9 Å². The van der Waals surface area contributed by atoms with Gasteiger partial charge in [-0.3, -0.25) is 13.8 Å². The van der Waals surface area contributed by atoms with Crippen LogP contribution in [0.3, 0.4) is 0 Å². The van der Waals surface area contributed by atoms with E-state index in [1.807, 2.05) is 0 Å². The van der Waals surface area contributed by atoms with Gasteiger partial charge in [-0.25, -0.2) is 5.84 Å². The number of hydrogen-bond donors (Lipinski definition) is 3. The van der Waals surface area contributed by atoms with Crippen molar-refractivity contribution in [1.82, 2.24) is 19.2 Å². The third-order valence-corrected chi connectivity index (χ3v) is 5.01. The van der Waals surface area contributed by atoms with E-state index in [1.165, 1.54) is 20.4 Å². The molecule has 0 aliphatic rings. The Labute approximate surface area is 124 Å². The van der Waals surface area contributed by atoms with Gasteiger partial charge in [0.05, 0.1) is 11.4 Å². The molecule has 0 amide bonds. The van der Waals surface area contributed by atoms with Gasteiger partial charge in [0.2, 0.25) is 5.03 Å². The number of thiazole rings is 1. The molecule has 3 aromatic rings.